The molecule has 2 heterocycles. The summed E-state index contributed by atoms with van der Waals surface area (Å²) in [6.07, 6.45) is 5.15. The highest BCUT2D eigenvalue weighted by molar-refractivity contribution is 6.00. The van der Waals surface area contributed by atoms with Crippen LogP contribution in [0.3, 0.4) is 0 Å². The number of aromatic nitrogens is 3. The minimum atomic E-state index is -0.756. The maximum atomic E-state index is 15.1. The summed E-state index contributed by atoms with van der Waals surface area (Å²) in [6.45, 7) is 3.95. The van der Waals surface area contributed by atoms with Gasteiger partial charge >= 0.3 is 0 Å². The highest BCUT2D eigenvalue weighted by Crippen LogP contribution is 2.32. The van der Waals surface area contributed by atoms with E-state index in [1.54, 1.807) is 45.3 Å². The second-order valence-corrected chi connectivity index (χ2v) is 9.72. The normalized spacial score (nSPS) is 18.5. The standard InChI is InChI=1S/C27H32FN5O3/c1-16-5-7-18(8-6-16)25(31-26(35)23-13-14-29-33(23)4)27(36)30-19-9-10-21(22(28)15-19)20-11-12-24(34)32(3)17(20)2/h9-16,18,25H,5-8H2,1-4H3,(H,30,36)(H,31,35)/t16-,18-,25-/m0/s1. The van der Waals surface area contributed by atoms with Gasteiger partial charge in [0.2, 0.25) is 11.5 Å². The summed E-state index contributed by atoms with van der Waals surface area (Å²) < 4.78 is 18.0. The van der Waals surface area contributed by atoms with Crippen molar-refractivity contribution in [3.63, 3.8) is 0 Å². The van der Waals surface area contributed by atoms with E-state index in [1.807, 2.05) is 0 Å². The maximum Gasteiger partial charge on any atom is 0.270 e. The van der Waals surface area contributed by atoms with Gasteiger partial charge in [-0.3, -0.25) is 19.1 Å². The van der Waals surface area contributed by atoms with Crippen molar-refractivity contribution in [2.45, 2.75) is 45.6 Å². The Kier molecular flexibility index (Phi) is 7.37. The summed E-state index contributed by atoms with van der Waals surface area (Å²) >= 11 is 0. The van der Waals surface area contributed by atoms with Gasteiger partial charge in [0.05, 0.1) is 0 Å². The van der Waals surface area contributed by atoms with E-state index in [2.05, 4.69) is 22.7 Å². The molecule has 0 spiro atoms. The number of carbonyl (C=O) groups is 2. The minimum absolute atomic E-state index is 0.0178. The molecule has 1 saturated carbocycles. The molecule has 4 rings (SSSR count). The van der Waals surface area contributed by atoms with Gasteiger partial charge < -0.3 is 15.2 Å². The van der Waals surface area contributed by atoms with Crippen molar-refractivity contribution in [1.29, 1.82) is 0 Å². The Hall–Kier alpha value is -3.75. The van der Waals surface area contributed by atoms with Crippen LogP contribution in [0.5, 0.6) is 0 Å². The molecular weight excluding hydrogens is 461 g/mol. The second kappa shape index (κ2) is 10.5. The van der Waals surface area contributed by atoms with E-state index in [9.17, 15) is 14.4 Å². The molecule has 190 valence electrons. The molecular formula is C27H32FN5O3. The maximum absolute atomic E-state index is 15.1. The quantitative estimate of drug-likeness (QED) is 0.546. The number of anilines is 1. The van der Waals surface area contributed by atoms with E-state index in [1.165, 1.54) is 27.6 Å². The molecule has 1 aromatic carbocycles. The smallest absolute Gasteiger partial charge is 0.270 e. The van der Waals surface area contributed by atoms with Gasteiger partial charge in [0, 0.05) is 48.9 Å². The number of amides is 2. The molecule has 1 aliphatic carbocycles. The number of aryl methyl sites for hydroxylation is 1. The first-order valence-electron chi connectivity index (χ1n) is 12.2. The first kappa shape index (κ1) is 25.3. The fraction of sp³-hybridized carbons (Fsp3) is 0.407. The molecule has 2 amide bonds. The van der Waals surface area contributed by atoms with Crippen LogP contribution in [0.4, 0.5) is 10.1 Å². The number of benzene rings is 1. The fourth-order valence-corrected chi connectivity index (χ4v) is 4.88. The number of halogens is 1. The number of nitrogens with zero attached hydrogens (tertiary/aromatic N) is 3. The molecule has 0 aliphatic heterocycles. The van der Waals surface area contributed by atoms with Crippen molar-refractivity contribution < 1.29 is 14.0 Å². The molecule has 8 nitrogen and oxygen atoms in total. The van der Waals surface area contributed by atoms with Crippen molar-refractivity contribution in [2.75, 3.05) is 5.32 Å². The molecule has 2 N–H and O–H groups in total. The Balaban J connectivity index is 1.56. The zero-order valence-corrected chi connectivity index (χ0v) is 21.0. The molecule has 0 radical (unpaired) electrons. The minimum Gasteiger partial charge on any atom is -0.339 e. The van der Waals surface area contributed by atoms with Crippen molar-refractivity contribution in [3.05, 3.63) is 70.2 Å². The molecule has 0 bridgehead atoms. The Labute approximate surface area is 209 Å². The summed E-state index contributed by atoms with van der Waals surface area (Å²) in [4.78, 5) is 38.1. The molecule has 0 saturated heterocycles. The number of hydrogen-bond donors (Lipinski definition) is 2. The first-order chi connectivity index (χ1) is 17.2. The predicted molar refractivity (Wildman–Crippen MR) is 136 cm³/mol. The Morgan fingerprint density at radius 1 is 1.06 bits per heavy atom. The van der Waals surface area contributed by atoms with E-state index < -0.39 is 11.9 Å². The average Bonchev–Trinajstić information content (AvgIpc) is 3.28. The topological polar surface area (TPSA) is 98.0 Å². The largest absolute Gasteiger partial charge is 0.339 e. The summed E-state index contributed by atoms with van der Waals surface area (Å²) in [7, 11) is 3.31. The van der Waals surface area contributed by atoms with E-state index in [0.717, 1.165) is 25.7 Å². The van der Waals surface area contributed by atoms with Crippen LogP contribution < -0.4 is 16.2 Å². The van der Waals surface area contributed by atoms with Crippen molar-refractivity contribution in [2.24, 2.45) is 25.9 Å². The van der Waals surface area contributed by atoms with Crippen molar-refractivity contribution >= 4 is 17.5 Å². The van der Waals surface area contributed by atoms with Crippen LogP contribution in [0.15, 0.2) is 47.4 Å². The van der Waals surface area contributed by atoms with Gasteiger partial charge in [-0.05, 0) is 61.9 Å². The molecule has 3 aromatic rings. The molecule has 2 aromatic heterocycles. The van der Waals surface area contributed by atoms with E-state index in [4.69, 9.17) is 0 Å². The highest BCUT2D eigenvalue weighted by atomic mass is 19.1. The summed E-state index contributed by atoms with van der Waals surface area (Å²) in [5.74, 6) is -0.705. The van der Waals surface area contributed by atoms with E-state index in [-0.39, 0.29) is 23.3 Å². The summed E-state index contributed by atoms with van der Waals surface area (Å²) in [5, 5.41) is 9.73. The third kappa shape index (κ3) is 5.24. The van der Waals surface area contributed by atoms with Gasteiger partial charge in [-0.15, -0.1) is 0 Å². The van der Waals surface area contributed by atoms with Crippen LogP contribution in [0.2, 0.25) is 0 Å². The second-order valence-electron chi connectivity index (χ2n) is 9.72. The van der Waals surface area contributed by atoms with Crippen LogP contribution in [-0.2, 0) is 18.9 Å². The van der Waals surface area contributed by atoms with Crippen LogP contribution >= 0.6 is 0 Å². The lowest BCUT2D eigenvalue weighted by Gasteiger charge is -2.32. The monoisotopic (exact) mass is 493 g/mol. The highest BCUT2D eigenvalue weighted by Gasteiger charge is 2.33. The number of pyridine rings is 1. The average molecular weight is 494 g/mol. The van der Waals surface area contributed by atoms with Crippen molar-refractivity contribution in [1.82, 2.24) is 19.7 Å². The number of hydrogen-bond acceptors (Lipinski definition) is 4. The van der Waals surface area contributed by atoms with Gasteiger partial charge in [-0.25, -0.2) is 4.39 Å². The van der Waals surface area contributed by atoms with Crippen LogP contribution in [0.25, 0.3) is 11.1 Å². The number of carbonyl (C=O) groups excluding carboxylic acids is 2. The lowest BCUT2D eigenvalue weighted by molar-refractivity contribution is -0.119. The van der Waals surface area contributed by atoms with Gasteiger partial charge in [-0.2, -0.15) is 5.10 Å². The third-order valence-corrected chi connectivity index (χ3v) is 7.30. The van der Waals surface area contributed by atoms with Crippen LogP contribution in [-0.4, -0.2) is 32.2 Å². The third-order valence-electron chi connectivity index (χ3n) is 7.30. The van der Waals surface area contributed by atoms with Crippen molar-refractivity contribution in [3.8, 4) is 11.1 Å². The SMILES string of the molecule is Cc1c(-c2ccc(NC(=O)[C@@H](NC(=O)c3ccnn3C)[C@H]3CC[C@H](C)CC3)cc2F)ccc(=O)n1C. The van der Waals surface area contributed by atoms with Gasteiger partial charge in [0.15, 0.2) is 0 Å². The van der Waals surface area contributed by atoms with Gasteiger partial charge in [-0.1, -0.05) is 19.8 Å². The Morgan fingerprint density at radius 3 is 2.39 bits per heavy atom. The lowest BCUT2D eigenvalue weighted by Crippen LogP contribution is -2.49. The van der Waals surface area contributed by atoms with E-state index >= 15 is 4.39 Å². The fourth-order valence-electron chi connectivity index (χ4n) is 4.88. The van der Waals surface area contributed by atoms with Crippen LogP contribution in [0.1, 0.15) is 48.8 Å². The predicted octanol–water partition coefficient (Wildman–Crippen LogP) is 3.80. The zero-order valence-electron chi connectivity index (χ0n) is 21.0. The lowest BCUT2D eigenvalue weighted by atomic mass is 9.79. The molecule has 1 aliphatic rings. The Bertz CT molecular complexity index is 1340. The summed E-state index contributed by atoms with van der Waals surface area (Å²) in [6, 6.07) is 8.32. The molecule has 1 atom stereocenters. The number of rotatable bonds is 6. The van der Waals surface area contributed by atoms with E-state index in [0.29, 0.717) is 34.1 Å². The van der Waals surface area contributed by atoms with Crippen LogP contribution in [0, 0.1) is 24.6 Å². The zero-order chi connectivity index (χ0) is 26.0. The molecule has 1 fully saturated rings. The molecule has 36 heavy (non-hydrogen) atoms. The molecule has 9 heteroatoms. The summed E-state index contributed by atoms with van der Waals surface area (Å²) in [5.41, 5.74) is 2.07. The first-order valence-corrected chi connectivity index (χ1v) is 12.2. The molecule has 0 unspecified atom stereocenters. The van der Waals surface area contributed by atoms with Gasteiger partial charge in [0.25, 0.3) is 5.91 Å². The number of nitrogens with one attached hydrogen (secondary N) is 2. The van der Waals surface area contributed by atoms with Gasteiger partial charge in [0.1, 0.15) is 17.6 Å². The Morgan fingerprint density at radius 2 is 1.75 bits per heavy atom.